The van der Waals surface area contributed by atoms with Crippen LogP contribution in [0.5, 0.6) is 5.75 Å². The molecule has 0 aliphatic carbocycles. The fraction of sp³-hybridized carbons (Fsp3) is 0.278. The van der Waals surface area contributed by atoms with Crippen LogP contribution in [0.2, 0.25) is 5.02 Å². The van der Waals surface area contributed by atoms with Crippen molar-refractivity contribution in [2.45, 2.75) is 12.5 Å². The molecule has 0 aromatic heterocycles. The average molecular weight is 372 g/mol. The van der Waals surface area contributed by atoms with Crippen molar-refractivity contribution < 1.29 is 49.3 Å². The number of aliphatic carboxylic acids is 1. The van der Waals surface area contributed by atoms with Crippen LogP contribution in [0.15, 0.2) is 48.5 Å². The molecule has 128 valence electrons. The van der Waals surface area contributed by atoms with E-state index in [0.29, 0.717) is 23.9 Å². The van der Waals surface area contributed by atoms with Crippen LogP contribution in [0, 0.1) is 0 Å². The predicted octanol–water partition coefficient (Wildman–Crippen LogP) is -1.66. The van der Waals surface area contributed by atoms with Gasteiger partial charge >= 0.3 is 29.6 Å². The van der Waals surface area contributed by atoms with Crippen molar-refractivity contribution in [3.05, 3.63) is 64.7 Å². The summed E-state index contributed by atoms with van der Waals surface area (Å²) < 4.78 is 5.02. The maximum absolute atomic E-state index is 10.3. The number of carboxylic acid groups (broad SMARTS) is 1. The molecule has 1 unspecified atom stereocenters. The van der Waals surface area contributed by atoms with Gasteiger partial charge in [0.1, 0.15) is 12.4 Å². The molecule has 2 N–H and O–H groups in total. The van der Waals surface area contributed by atoms with E-state index in [0.717, 1.165) is 17.5 Å². The number of carbonyl (C=O) groups excluding carboxylic acids is 1. The minimum Gasteiger partial charge on any atom is -0.546 e. The summed E-state index contributed by atoms with van der Waals surface area (Å²) >= 11 is 5.91. The summed E-state index contributed by atoms with van der Waals surface area (Å²) in [4.78, 5) is 10.3. The van der Waals surface area contributed by atoms with Gasteiger partial charge in [0.25, 0.3) is 0 Å². The largest absolute Gasteiger partial charge is 1.00 e. The van der Waals surface area contributed by atoms with E-state index in [1.54, 1.807) is 24.3 Å². The quantitative estimate of drug-likeness (QED) is 0.407. The van der Waals surface area contributed by atoms with Crippen molar-refractivity contribution in [2.75, 3.05) is 19.7 Å². The van der Waals surface area contributed by atoms with E-state index in [1.165, 1.54) is 0 Å². The molecule has 0 heterocycles. The molecule has 0 amide bonds. The van der Waals surface area contributed by atoms with Gasteiger partial charge in [0.05, 0.1) is 12.1 Å². The number of hydrogen-bond donors (Lipinski definition) is 2. The van der Waals surface area contributed by atoms with Gasteiger partial charge < -0.3 is 25.1 Å². The predicted molar refractivity (Wildman–Crippen MR) is 89.9 cm³/mol. The molecule has 0 fully saturated rings. The monoisotopic (exact) mass is 371 g/mol. The molecule has 0 saturated carbocycles. The average Bonchev–Trinajstić information content (AvgIpc) is 2.57. The van der Waals surface area contributed by atoms with Crippen molar-refractivity contribution in [1.82, 2.24) is 5.32 Å². The summed E-state index contributed by atoms with van der Waals surface area (Å²) in [5, 5.41) is 24.2. The van der Waals surface area contributed by atoms with Crippen LogP contribution in [0.25, 0.3) is 0 Å². The number of nitrogens with one attached hydrogen (secondary N) is 1. The van der Waals surface area contributed by atoms with Crippen molar-refractivity contribution >= 4 is 17.6 Å². The van der Waals surface area contributed by atoms with Gasteiger partial charge in [0.2, 0.25) is 0 Å². The third-order valence-electron chi connectivity index (χ3n) is 3.44. The number of hydrogen-bond acceptors (Lipinski definition) is 5. The van der Waals surface area contributed by atoms with Crippen LogP contribution in [-0.2, 0) is 11.2 Å². The van der Waals surface area contributed by atoms with Crippen LogP contribution in [0.1, 0.15) is 17.2 Å². The van der Waals surface area contributed by atoms with Gasteiger partial charge in [0.15, 0.2) is 0 Å². The molecule has 0 aliphatic rings. The number of aliphatic hydroxyl groups is 1. The molecule has 25 heavy (non-hydrogen) atoms. The zero-order valence-corrected chi connectivity index (χ0v) is 16.8. The summed E-state index contributed by atoms with van der Waals surface area (Å²) in [5.74, 6) is -0.756. The van der Waals surface area contributed by atoms with E-state index in [9.17, 15) is 15.0 Å². The molecule has 2 aromatic carbocycles. The summed E-state index contributed by atoms with van der Waals surface area (Å²) in [6.07, 6.45) is 0.173. The van der Waals surface area contributed by atoms with Crippen LogP contribution in [0.4, 0.5) is 0 Å². The zero-order valence-electron chi connectivity index (χ0n) is 14.1. The van der Waals surface area contributed by atoms with Crippen LogP contribution < -0.4 is 44.7 Å². The Morgan fingerprint density at radius 2 is 1.96 bits per heavy atom. The molecular formula is C18H19ClNNaO4. The Labute approximate surface area is 174 Å². The van der Waals surface area contributed by atoms with Gasteiger partial charge in [-0.1, -0.05) is 35.9 Å². The molecule has 2 aromatic rings. The second-order valence-electron chi connectivity index (χ2n) is 5.33. The van der Waals surface area contributed by atoms with Crippen molar-refractivity contribution in [1.29, 1.82) is 0 Å². The van der Waals surface area contributed by atoms with Crippen molar-refractivity contribution in [3.8, 4) is 5.75 Å². The van der Waals surface area contributed by atoms with E-state index in [-0.39, 0.29) is 29.6 Å². The molecular weight excluding hydrogens is 353 g/mol. The molecule has 0 saturated heterocycles. The third-order valence-corrected chi connectivity index (χ3v) is 3.68. The number of carbonyl (C=O) groups is 1. The fourth-order valence-electron chi connectivity index (χ4n) is 2.20. The summed E-state index contributed by atoms with van der Waals surface area (Å²) in [7, 11) is 0. The first-order chi connectivity index (χ1) is 11.5. The zero-order chi connectivity index (χ0) is 17.4. The second-order valence-corrected chi connectivity index (χ2v) is 5.77. The standard InChI is InChI=1S/C18H20ClNO4.Na/c19-15-3-1-2-14(10-15)17(21)11-20-9-8-13-4-6-16(7-5-13)24-12-18(22)23;/h1-7,10,17,20-21H,8-9,11-12H2,(H,22,23);/q;+1/p-1. The Bertz CT molecular complexity index is 666. The first kappa shape index (κ1) is 22.0. The number of rotatable bonds is 9. The van der Waals surface area contributed by atoms with Gasteiger partial charge in [-0.25, -0.2) is 0 Å². The van der Waals surface area contributed by atoms with Gasteiger partial charge in [-0.3, -0.25) is 0 Å². The Morgan fingerprint density at radius 3 is 2.60 bits per heavy atom. The van der Waals surface area contributed by atoms with E-state index in [1.807, 2.05) is 24.3 Å². The second kappa shape index (κ2) is 11.5. The molecule has 0 spiro atoms. The molecule has 2 rings (SSSR count). The number of aliphatic hydroxyl groups excluding tert-OH is 1. The van der Waals surface area contributed by atoms with E-state index in [4.69, 9.17) is 16.3 Å². The maximum atomic E-state index is 10.3. The molecule has 5 nitrogen and oxygen atoms in total. The molecule has 0 aliphatic heterocycles. The number of halogens is 1. The Balaban J connectivity index is 0.00000312. The summed E-state index contributed by atoms with van der Waals surface area (Å²) in [5.41, 5.74) is 1.87. The fourth-order valence-corrected chi connectivity index (χ4v) is 2.40. The number of carboxylic acids is 1. The smallest absolute Gasteiger partial charge is 0.546 e. The van der Waals surface area contributed by atoms with Gasteiger partial charge in [-0.05, 0) is 48.4 Å². The summed E-state index contributed by atoms with van der Waals surface area (Å²) in [6, 6.07) is 14.4. The van der Waals surface area contributed by atoms with Gasteiger partial charge in [0, 0.05) is 11.6 Å². The molecule has 7 heteroatoms. The van der Waals surface area contributed by atoms with E-state index >= 15 is 0 Å². The Morgan fingerprint density at radius 1 is 1.24 bits per heavy atom. The van der Waals surface area contributed by atoms with E-state index < -0.39 is 18.7 Å². The Hall–Kier alpha value is -1.08. The molecule has 0 radical (unpaired) electrons. The van der Waals surface area contributed by atoms with Crippen LogP contribution in [-0.4, -0.2) is 30.8 Å². The normalized spacial score (nSPS) is 11.4. The third kappa shape index (κ3) is 8.23. The minimum atomic E-state index is -1.25. The van der Waals surface area contributed by atoms with Crippen LogP contribution in [0.3, 0.4) is 0 Å². The van der Waals surface area contributed by atoms with Crippen LogP contribution >= 0.6 is 11.6 Å². The van der Waals surface area contributed by atoms with Gasteiger partial charge in [-0.15, -0.1) is 0 Å². The summed E-state index contributed by atoms with van der Waals surface area (Å²) in [6.45, 7) is 0.687. The first-order valence-electron chi connectivity index (χ1n) is 7.60. The topological polar surface area (TPSA) is 81.6 Å². The minimum absolute atomic E-state index is 0. The van der Waals surface area contributed by atoms with Gasteiger partial charge in [-0.2, -0.15) is 0 Å². The first-order valence-corrected chi connectivity index (χ1v) is 7.98. The molecule has 0 bridgehead atoms. The van der Waals surface area contributed by atoms with Crippen molar-refractivity contribution in [2.24, 2.45) is 0 Å². The SMILES string of the molecule is O=C([O-])COc1ccc(CCNCC(O)c2cccc(Cl)c2)cc1.[Na+]. The maximum Gasteiger partial charge on any atom is 1.00 e. The van der Waals surface area contributed by atoms with E-state index in [2.05, 4.69) is 5.32 Å². The van der Waals surface area contributed by atoms with Crippen molar-refractivity contribution in [3.63, 3.8) is 0 Å². The molecule has 1 atom stereocenters. The number of benzene rings is 2. The number of ether oxygens (including phenoxy) is 1. The Kier molecular flexibility index (Phi) is 10.1.